The number of esters is 1. The third-order valence-corrected chi connectivity index (χ3v) is 3.79. The van der Waals surface area contributed by atoms with Crippen LogP contribution in [0.4, 0.5) is 13.2 Å². The molecule has 1 aromatic carbocycles. The molecule has 0 aliphatic carbocycles. The molecule has 0 radical (unpaired) electrons. The van der Waals surface area contributed by atoms with E-state index in [2.05, 4.69) is 15.9 Å². The smallest absolute Gasteiger partial charge is 0.431 e. The van der Waals surface area contributed by atoms with Gasteiger partial charge >= 0.3 is 12.1 Å². The highest BCUT2D eigenvalue weighted by Crippen LogP contribution is 2.39. The molecule has 0 fully saturated rings. The number of hydrogen-bond donors (Lipinski definition) is 1. The molecule has 2 rings (SSSR count). The van der Waals surface area contributed by atoms with Crippen LogP contribution in [0.3, 0.4) is 0 Å². The maximum absolute atomic E-state index is 13.2. The van der Waals surface area contributed by atoms with Gasteiger partial charge in [-0.05, 0) is 24.6 Å². The van der Waals surface area contributed by atoms with E-state index in [-0.39, 0.29) is 13.0 Å². The number of ether oxygens (including phenoxy) is 1. The predicted octanol–water partition coefficient (Wildman–Crippen LogP) is 3.43. The van der Waals surface area contributed by atoms with Gasteiger partial charge in [0.2, 0.25) is 5.91 Å². The van der Waals surface area contributed by atoms with Crippen molar-refractivity contribution in [3.63, 3.8) is 0 Å². The quantitative estimate of drug-likeness (QED) is 0.803. The Balaban J connectivity index is 2.62. The fourth-order valence-electron chi connectivity index (χ4n) is 2.40. The Morgan fingerprint density at radius 3 is 2.70 bits per heavy atom. The van der Waals surface area contributed by atoms with Crippen LogP contribution in [0.25, 0.3) is 0 Å². The third kappa shape index (κ3) is 3.93. The number of amides is 1. The first-order valence-electron chi connectivity index (χ1n) is 6.77. The van der Waals surface area contributed by atoms with Crippen molar-refractivity contribution in [1.29, 1.82) is 0 Å². The van der Waals surface area contributed by atoms with Gasteiger partial charge in [-0.3, -0.25) is 4.79 Å². The van der Waals surface area contributed by atoms with Crippen molar-refractivity contribution >= 4 is 27.8 Å². The van der Waals surface area contributed by atoms with Gasteiger partial charge in [-0.2, -0.15) is 13.2 Å². The number of rotatable bonds is 3. The summed E-state index contributed by atoms with van der Waals surface area (Å²) >= 11 is 3.23. The summed E-state index contributed by atoms with van der Waals surface area (Å²) in [7, 11) is 0. The van der Waals surface area contributed by atoms with Crippen LogP contribution in [0, 0.1) is 0 Å². The first kappa shape index (κ1) is 17.5. The average molecular weight is 392 g/mol. The van der Waals surface area contributed by atoms with Crippen LogP contribution in [-0.2, 0) is 14.3 Å². The van der Waals surface area contributed by atoms with Gasteiger partial charge in [0.1, 0.15) is 5.70 Å². The van der Waals surface area contributed by atoms with Crippen molar-refractivity contribution in [1.82, 2.24) is 5.32 Å². The van der Waals surface area contributed by atoms with Crippen LogP contribution >= 0.6 is 15.9 Å². The first-order valence-corrected chi connectivity index (χ1v) is 7.57. The maximum atomic E-state index is 13.2. The molecule has 1 aromatic rings. The summed E-state index contributed by atoms with van der Waals surface area (Å²) in [5, 5.41) is 1.76. The largest absolute Gasteiger partial charge is 0.463 e. The molecule has 1 N–H and O–H groups in total. The number of benzene rings is 1. The second-order valence-corrected chi connectivity index (χ2v) is 5.78. The van der Waals surface area contributed by atoms with Crippen LogP contribution < -0.4 is 5.32 Å². The van der Waals surface area contributed by atoms with E-state index in [0.717, 1.165) is 0 Å². The SMILES string of the molecule is CCOC(=O)C1=C(C(F)(F)F)NC(=O)CC1c1cccc(Br)c1. The Kier molecular flexibility index (Phi) is 5.13. The molecule has 8 heteroatoms. The van der Waals surface area contributed by atoms with Crippen LogP contribution in [0.2, 0.25) is 0 Å². The van der Waals surface area contributed by atoms with E-state index >= 15 is 0 Å². The van der Waals surface area contributed by atoms with Crippen molar-refractivity contribution in [2.75, 3.05) is 6.61 Å². The molecule has 1 aliphatic rings. The Bertz CT molecular complexity index is 670. The number of carbonyl (C=O) groups excluding carboxylic acids is 2. The van der Waals surface area contributed by atoms with Gasteiger partial charge in [0, 0.05) is 16.8 Å². The summed E-state index contributed by atoms with van der Waals surface area (Å²) < 4.78 is 45.1. The molecule has 0 aromatic heterocycles. The lowest BCUT2D eigenvalue weighted by Gasteiger charge is -2.28. The van der Waals surface area contributed by atoms with E-state index < -0.39 is 35.2 Å². The third-order valence-electron chi connectivity index (χ3n) is 3.30. The zero-order valence-electron chi connectivity index (χ0n) is 12.0. The monoisotopic (exact) mass is 391 g/mol. The minimum absolute atomic E-state index is 0.0629. The Morgan fingerprint density at radius 2 is 2.13 bits per heavy atom. The highest BCUT2D eigenvalue weighted by atomic mass is 79.9. The summed E-state index contributed by atoms with van der Waals surface area (Å²) in [6, 6.07) is 6.48. The van der Waals surface area contributed by atoms with Gasteiger partial charge in [0.15, 0.2) is 0 Å². The number of alkyl halides is 3. The van der Waals surface area contributed by atoms with Crippen molar-refractivity contribution < 1.29 is 27.5 Å². The minimum Gasteiger partial charge on any atom is -0.463 e. The van der Waals surface area contributed by atoms with Gasteiger partial charge in [-0.25, -0.2) is 4.79 Å². The lowest BCUT2D eigenvalue weighted by Crippen LogP contribution is -2.41. The summed E-state index contributed by atoms with van der Waals surface area (Å²) in [5.74, 6) is -2.89. The molecule has 1 amide bonds. The Labute approximate surface area is 138 Å². The lowest BCUT2D eigenvalue weighted by molar-refractivity contribution is -0.142. The normalized spacial score (nSPS) is 18.7. The summed E-state index contributed by atoms with van der Waals surface area (Å²) in [4.78, 5) is 23.8. The molecule has 1 heterocycles. The van der Waals surface area contributed by atoms with E-state index in [0.29, 0.717) is 10.0 Å². The summed E-state index contributed by atoms with van der Waals surface area (Å²) in [5.41, 5.74) is -1.49. The van der Waals surface area contributed by atoms with Gasteiger partial charge < -0.3 is 10.1 Å². The fourth-order valence-corrected chi connectivity index (χ4v) is 2.82. The first-order chi connectivity index (χ1) is 10.7. The average Bonchev–Trinajstić information content (AvgIpc) is 2.45. The topological polar surface area (TPSA) is 55.4 Å². The minimum atomic E-state index is -4.86. The number of carbonyl (C=O) groups is 2. The molecule has 23 heavy (non-hydrogen) atoms. The molecule has 1 atom stereocenters. The number of halogens is 4. The van der Waals surface area contributed by atoms with Crippen LogP contribution in [0.5, 0.6) is 0 Å². The predicted molar refractivity (Wildman–Crippen MR) is 79.4 cm³/mol. The van der Waals surface area contributed by atoms with Crippen molar-refractivity contribution in [2.24, 2.45) is 0 Å². The van der Waals surface area contributed by atoms with E-state index in [1.54, 1.807) is 29.6 Å². The number of allylic oxidation sites excluding steroid dienone is 1. The molecule has 1 aliphatic heterocycles. The lowest BCUT2D eigenvalue weighted by atomic mass is 9.84. The standard InChI is InChI=1S/C15H13BrF3NO3/c1-2-23-14(22)12-10(8-4-3-5-9(16)6-8)7-11(21)20-13(12)15(17,18)19/h3-6,10H,2,7H2,1H3,(H,20,21). The number of nitrogens with one attached hydrogen (secondary N) is 1. The van der Waals surface area contributed by atoms with E-state index in [4.69, 9.17) is 4.74 Å². The van der Waals surface area contributed by atoms with Crippen molar-refractivity contribution in [2.45, 2.75) is 25.4 Å². The summed E-state index contributed by atoms with van der Waals surface area (Å²) in [6.45, 7) is 1.44. The molecule has 0 spiro atoms. The van der Waals surface area contributed by atoms with Gasteiger partial charge in [0.25, 0.3) is 0 Å². The van der Waals surface area contributed by atoms with Crippen molar-refractivity contribution in [3.8, 4) is 0 Å². The van der Waals surface area contributed by atoms with Crippen LogP contribution in [0.1, 0.15) is 24.8 Å². The Hall–Kier alpha value is -1.83. The second-order valence-electron chi connectivity index (χ2n) is 4.87. The zero-order chi connectivity index (χ0) is 17.2. The fraction of sp³-hybridized carbons (Fsp3) is 0.333. The molecule has 0 saturated heterocycles. The maximum Gasteiger partial charge on any atom is 0.431 e. The molecular weight excluding hydrogens is 379 g/mol. The molecular formula is C15H13BrF3NO3. The highest BCUT2D eigenvalue weighted by molar-refractivity contribution is 9.10. The van der Waals surface area contributed by atoms with E-state index in [1.807, 2.05) is 0 Å². The van der Waals surface area contributed by atoms with Crippen LogP contribution in [0.15, 0.2) is 40.0 Å². The molecule has 1 unspecified atom stereocenters. The molecule has 4 nitrogen and oxygen atoms in total. The van der Waals surface area contributed by atoms with E-state index in [1.165, 1.54) is 6.92 Å². The van der Waals surface area contributed by atoms with E-state index in [9.17, 15) is 22.8 Å². The van der Waals surface area contributed by atoms with Crippen LogP contribution in [-0.4, -0.2) is 24.7 Å². The zero-order valence-corrected chi connectivity index (χ0v) is 13.6. The Morgan fingerprint density at radius 1 is 1.43 bits per heavy atom. The van der Waals surface area contributed by atoms with Gasteiger partial charge in [0.05, 0.1) is 12.2 Å². The molecule has 0 bridgehead atoms. The van der Waals surface area contributed by atoms with Gasteiger partial charge in [-0.1, -0.05) is 28.1 Å². The molecule has 124 valence electrons. The molecule has 0 saturated carbocycles. The highest BCUT2D eigenvalue weighted by Gasteiger charge is 2.45. The van der Waals surface area contributed by atoms with Crippen molar-refractivity contribution in [3.05, 3.63) is 45.6 Å². The van der Waals surface area contributed by atoms with Gasteiger partial charge in [-0.15, -0.1) is 0 Å². The summed E-state index contributed by atoms with van der Waals surface area (Å²) in [6.07, 6.45) is -5.12. The number of hydrogen-bond acceptors (Lipinski definition) is 3. The second kappa shape index (κ2) is 6.74.